The second-order valence-corrected chi connectivity index (χ2v) is 3.61. The summed E-state index contributed by atoms with van der Waals surface area (Å²) in [6, 6.07) is 6.25. The molecule has 0 fully saturated rings. The van der Waals surface area contributed by atoms with E-state index < -0.39 is 0 Å². The van der Waals surface area contributed by atoms with Crippen molar-refractivity contribution in [3.05, 3.63) is 23.8 Å². The van der Waals surface area contributed by atoms with Crippen molar-refractivity contribution in [3.8, 4) is 0 Å². The van der Waals surface area contributed by atoms with Gasteiger partial charge in [-0.05, 0) is 31.0 Å². The number of fused-ring (bicyclic) bond motifs is 1. The number of rotatable bonds is 2. The molecule has 2 N–H and O–H groups in total. The Bertz CT molecular complexity index is 457. The Kier molecular flexibility index (Phi) is 2.15. The second-order valence-electron chi connectivity index (χ2n) is 3.61. The monoisotopic (exact) mass is 189 g/mol. The number of hydrogen-bond donors (Lipinski definition) is 1. The molecule has 0 saturated heterocycles. The molecule has 14 heavy (non-hydrogen) atoms. The van der Waals surface area contributed by atoms with Crippen molar-refractivity contribution in [1.82, 2.24) is 9.55 Å². The van der Waals surface area contributed by atoms with Gasteiger partial charge in [0.1, 0.15) is 0 Å². The molecule has 0 unspecified atom stereocenters. The molecule has 0 aliphatic rings. The quantitative estimate of drug-likeness (QED) is 0.788. The number of imidazole rings is 1. The number of anilines is 1. The summed E-state index contributed by atoms with van der Waals surface area (Å²) < 4.78 is 2.06. The number of hydrogen-bond acceptors (Lipinski definition) is 2. The molecule has 0 amide bonds. The van der Waals surface area contributed by atoms with Gasteiger partial charge in [-0.3, -0.25) is 0 Å². The Balaban J connectivity index is 2.64. The largest absolute Gasteiger partial charge is 0.369 e. The highest BCUT2D eigenvalue weighted by Gasteiger charge is 2.06. The van der Waals surface area contributed by atoms with Gasteiger partial charge in [0.2, 0.25) is 5.95 Å². The van der Waals surface area contributed by atoms with Crippen molar-refractivity contribution in [3.63, 3.8) is 0 Å². The van der Waals surface area contributed by atoms with Crippen molar-refractivity contribution >= 4 is 17.0 Å². The first-order valence-corrected chi connectivity index (χ1v) is 4.94. The molecular formula is C11H15N3. The number of benzene rings is 1. The fourth-order valence-corrected chi connectivity index (χ4v) is 1.72. The number of nitrogens with zero attached hydrogens (tertiary/aromatic N) is 2. The maximum absolute atomic E-state index is 5.84. The van der Waals surface area contributed by atoms with Gasteiger partial charge in [0, 0.05) is 6.54 Å². The van der Waals surface area contributed by atoms with Crippen molar-refractivity contribution in [2.75, 3.05) is 5.73 Å². The van der Waals surface area contributed by atoms with Gasteiger partial charge in [-0.2, -0.15) is 0 Å². The lowest BCUT2D eigenvalue weighted by Gasteiger charge is -2.03. The smallest absolute Gasteiger partial charge is 0.201 e. The third-order valence-electron chi connectivity index (χ3n) is 2.38. The van der Waals surface area contributed by atoms with Gasteiger partial charge < -0.3 is 10.3 Å². The third-order valence-corrected chi connectivity index (χ3v) is 2.38. The summed E-state index contributed by atoms with van der Waals surface area (Å²) in [5.74, 6) is 0.618. The van der Waals surface area contributed by atoms with Gasteiger partial charge in [0.15, 0.2) is 0 Å². The van der Waals surface area contributed by atoms with Gasteiger partial charge in [-0.15, -0.1) is 0 Å². The average molecular weight is 189 g/mol. The van der Waals surface area contributed by atoms with E-state index in [9.17, 15) is 0 Å². The van der Waals surface area contributed by atoms with Gasteiger partial charge in [-0.1, -0.05) is 13.0 Å². The normalized spacial score (nSPS) is 11.0. The molecule has 0 saturated carbocycles. The van der Waals surface area contributed by atoms with Gasteiger partial charge in [-0.25, -0.2) is 4.98 Å². The van der Waals surface area contributed by atoms with Crippen LogP contribution in [0.25, 0.3) is 11.0 Å². The number of aromatic nitrogens is 2. The van der Waals surface area contributed by atoms with E-state index in [2.05, 4.69) is 41.6 Å². The molecule has 3 heteroatoms. The van der Waals surface area contributed by atoms with Crippen molar-refractivity contribution in [2.24, 2.45) is 0 Å². The van der Waals surface area contributed by atoms with Crippen molar-refractivity contribution < 1.29 is 0 Å². The number of nitrogens with two attached hydrogens (primary N) is 1. The lowest BCUT2D eigenvalue weighted by atomic mass is 10.2. The summed E-state index contributed by atoms with van der Waals surface area (Å²) in [6.07, 6.45) is 1.07. The van der Waals surface area contributed by atoms with Crippen LogP contribution in [0.15, 0.2) is 18.2 Å². The summed E-state index contributed by atoms with van der Waals surface area (Å²) in [5.41, 5.74) is 9.19. The minimum atomic E-state index is 0.618. The first-order valence-electron chi connectivity index (χ1n) is 4.94. The van der Waals surface area contributed by atoms with E-state index in [1.807, 2.05) is 0 Å². The lowest BCUT2D eigenvalue weighted by Crippen LogP contribution is -2.02. The van der Waals surface area contributed by atoms with Crippen molar-refractivity contribution in [1.29, 1.82) is 0 Å². The number of aryl methyl sites for hydroxylation is 2. The van der Waals surface area contributed by atoms with Crippen LogP contribution in [-0.2, 0) is 6.54 Å². The fraction of sp³-hybridized carbons (Fsp3) is 0.364. The maximum Gasteiger partial charge on any atom is 0.201 e. The molecule has 2 aromatic rings. The first kappa shape index (κ1) is 9.06. The predicted molar refractivity (Wildman–Crippen MR) is 59.2 cm³/mol. The topological polar surface area (TPSA) is 43.8 Å². The Morgan fingerprint density at radius 2 is 2.21 bits per heavy atom. The van der Waals surface area contributed by atoms with Crippen molar-refractivity contribution in [2.45, 2.75) is 26.8 Å². The Labute approximate surface area is 83.6 Å². The Hall–Kier alpha value is -1.51. The molecule has 0 bridgehead atoms. The van der Waals surface area contributed by atoms with E-state index in [1.165, 1.54) is 5.56 Å². The lowest BCUT2D eigenvalue weighted by molar-refractivity contribution is 0.707. The highest BCUT2D eigenvalue weighted by Crippen LogP contribution is 2.19. The fourth-order valence-electron chi connectivity index (χ4n) is 1.72. The van der Waals surface area contributed by atoms with Gasteiger partial charge in [0.25, 0.3) is 0 Å². The third kappa shape index (κ3) is 1.35. The standard InChI is InChI=1S/C11H15N3/c1-3-6-14-10-5-4-8(2)7-9(10)13-11(14)12/h4-5,7H,3,6H2,1-2H3,(H2,12,13). The van der Waals surface area contributed by atoms with E-state index in [0.717, 1.165) is 24.0 Å². The summed E-state index contributed by atoms with van der Waals surface area (Å²) >= 11 is 0. The number of nitrogen functional groups attached to an aromatic ring is 1. The summed E-state index contributed by atoms with van der Waals surface area (Å²) in [4.78, 5) is 4.33. The molecule has 0 aliphatic heterocycles. The molecule has 1 heterocycles. The molecule has 0 atom stereocenters. The van der Waals surface area contributed by atoms with E-state index in [1.54, 1.807) is 0 Å². The van der Waals surface area contributed by atoms with Crippen LogP contribution in [-0.4, -0.2) is 9.55 Å². The predicted octanol–water partition coefficient (Wildman–Crippen LogP) is 2.34. The van der Waals surface area contributed by atoms with Gasteiger partial charge >= 0.3 is 0 Å². The molecular weight excluding hydrogens is 174 g/mol. The van der Waals surface area contributed by atoms with Crippen LogP contribution in [0.3, 0.4) is 0 Å². The minimum absolute atomic E-state index is 0.618. The molecule has 0 spiro atoms. The SMILES string of the molecule is CCCn1c(N)nc2cc(C)ccc21. The van der Waals surface area contributed by atoms with Crippen LogP contribution in [0.1, 0.15) is 18.9 Å². The first-order chi connectivity index (χ1) is 6.72. The molecule has 1 aromatic heterocycles. The maximum atomic E-state index is 5.84. The highest BCUT2D eigenvalue weighted by molar-refractivity contribution is 5.78. The van der Waals surface area contributed by atoms with E-state index in [4.69, 9.17) is 5.73 Å². The minimum Gasteiger partial charge on any atom is -0.369 e. The Morgan fingerprint density at radius 3 is 2.93 bits per heavy atom. The molecule has 0 aliphatic carbocycles. The molecule has 2 rings (SSSR count). The highest BCUT2D eigenvalue weighted by atomic mass is 15.1. The van der Waals surface area contributed by atoms with Crippen LogP contribution >= 0.6 is 0 Å². The molecule has 0 radical (unpaired) electrons. The zero-order valence-corrected chi connectivity index (χ0v) is 8.62. The summed E-state index contributed by atoms with van der Waals surface area (Å²) in [7, 11) is 0. The zero-order chi connectivity index (χ0) is 10.1. The average Bonchev–Trinajstić information content (AvgIpc) is 2.43. The van der Waals surface area contributed by atoms with Crippen LogP contribution in [0.5, 0.6) is 0 Å². The molecule has 74 valence electrons. The Morgan fingerprint density at radius 1 is 1.43 bits per heavy atom. The second kappa shape index (κ2) is 3.33. The molecule has 3 nitrogen and oxygen atoms in total. The van der Waals surface area contributed by atoms with Gasteiger partial charge in [0.05, 0.1) is 11.0 Å². The van der Waals surface area contributed by atoms with E-state index >= 15 is 0 Å². The van der Waals surface area contributed by atoms with Crippen LogP contribution in [0.2, 0.25) is 0 Å². The summed E-state index contributed by atoms with van der Waals surface area (Å²) in [5, 5.41) is 0. The van der Waals surface area contributed by atoms with E-state index in [-0.39, 0.29) is 0 Å². The molecule has 1 aromatic carbocycles. The van der Waals surface area contributed by atoms with Crippen LogP contribution in [0.4, 0.5) is 5.95 Å². The van der Waals surface area contributed by atoms with Crippen LogP contribution < -0.4 is 5.73 Å². The van der Waals surface area contributed by atoms with Crippen LogP contribution in [0, 0.1) is 6.92 Å². The zero-order valence-electron chi connectivity index (χ0n) is 8.62. The summed E-state index contributed by atoms with van der Waals surface area (Å²) in [6.45, 7) is 5.14. The van der Waals surface area contributed by atoms with E-state index in [0.29, 0.717) is 5.95 Å².